The highest BCUT2D eigenvalue weighted by Gasteiger charge is 2.07. The average molecular weight is 337 g/mol. The van der Waals surface area contributed by atoms with E-state index in [2.05, 4.69) is 39.0 Å². The molecule has 0 unspecified atom stereocenters. The number of hydrogen-bond donors (Lipinski definition) is 0. The molecule has 0 fully saturated rings. The lowest BCUT2D eigenvalue weighted by atomic mass is 10.0. The van der Waals surface area contributed by atoms with Gasteiger partial charge in [-0.15, -0.1) is 11.8 Å². The standard InChI is InChI=1S/C21H23NOS/c1-15-12-17(3)21-19(13-15)16(2)14-20(22-21)24-11-7-10-23-18-8-5-4-6-9-18/h4-6,8-9,12-14H,7,10-11H2,1-3H3. The fraction of sp³-hybridized carbons (Fsp3) is 0.286. The van der Waals surface area contributed by atoms with Gasteiger partial charge in [-0.25, -0.2) is 4.98 Å². The number of hydrogen-bond acceptors (Lipinski definition) is 3. The van der Waals surface area contributed by atoms with Crippen molar-refractivity contribution in [2.75, 3.05) is 12.4 Å². The maximum absolute atomic E-state index is 5.74. The number of aromatic nitrogens is 1. The third-order valence-corrected chi connectivity index (χ3v) is 4.98. The van der Waals surface area contributed by atoms with Crippen molar-refractivity contribution in [3.05, 3.63) is 65.2 Å². The topological polar surface area (TPSA) is 22.1 Å². The van der Waals surface area contributed by atoms with Crippen LogP contribution in [0.25, 0.3) is 10.9 Å². The minimum Gasteiger partial charge on any atom is -0.494 e. The van der Waals surface area contributed by atoms with Gasteiger partial charge < -0.3 is 4.74 Å². The molecule has 124 valence electrons. The fourth-order valence-corrected chi connectivity index (χ4v) is 3.72. The number of benzene rings is 2. The first kappa shape index (κ1) is 16.8. The van der Waals surface area contributed by atoms with Crippen LogP contribution in [0.1, 0.15) is 23.1 Å². The molecule has 24 heavy (non-hydrogen) atoms. The predicted octanol–water partition coefficient (Wildman–Crippen LogP) is 5.72. The Bertz CT molecular complexity index is 830. The van der Waals surface area contributed by atoms with Crippen molar-refractivity contribution in [3.63, 3.8) is 0 Å². The van der Waals surface area contributed by atoms with Crippen molar-refractivity contribution < 1.29 is 4.74 Å². The molecule has 1 heterocycles. The number of aryl methyl sites for hydroxylation is 3. The Morgan fingerprint density at radius 1 is 0.958 bits per heavy atom. The molecule has 0 aliphatic heterocycles. The molecule has 0 bridgehead atoms. The number of ether oxygens (including phenoxy) is 1. The van der Waals surface area contributed by atoms with Gasteiger partial charge in [0.1, 0.15) is 5.75 Å². The summed E-state index contributed by atoms with van der Waals surface area (Å²) in [6.45, 7) is 7.19. The van der Waals surface area contributed by atoms with E-state index in [0.29, 0.717) is 0 Å². The Balaban J connectivity index is 1.59. The van der Waals surface area contributed by atoms with Crippen molar-refractivity contribution >= 4 is 22.7 Å². The van der Waals surface area contributed by atoms with Crippen LogP contribution < -0.4 is 4.74 Å². The van der Waals surface area contributed by atoms with Crippen molar-refractivity contribution in [2.24, 2.45) is 0 Å². The Morgan fingerprint density at radius 2 is 1.75 bits per heavy atom. The molecule has 0 atom stereocenters. The highest BCUT2D eigenvalue weighted by Crippen LogP contribution is 2.27. The van der Waals surface area contributed by atoms with Crippen LogP contribution in [0.4, 0.5) is 0 Å². The Kier molecular flexibility index (Phi) is 5.41. The zero-order valence-corrected chi connectivity index (χ0v) is 15.3. The second-order valence-corrected chi connectivity index (χ2v) is 7.23. The summed E-state index contributed by atoms with van der Waals surface area (Å²) in [5.41, 5.74) is 4.98. The van der Waals surface area contributed by atoms with Crippen LogP contribution in [0.15, 0.2) is 53.6 Å². The Labute approximate surface area is 148 Å². The summed E-state index contributed by atoms with van der Waals surface area (Å²) in [4.78, 5) is 4.85. The van der Waals surface area contributed by atoms with Crippen LogP contribution in [0.2, 0.25) is 0 Å². The highest BCUT2D eigenvalue weighted by molar-refractivity contribution is 7.99. The number of fused-ring (bicyclic) bond motifs is 1. The van der Waals surface area contributed by atoms with E-state index in [9.17, 15) is 0 Å². The van der Waals surface area contributed by atoms with E-state index in [4.69, 9.17) is 9.72 Å². The molecule has 3 heteroatoms. The first-order valence-corrected chi connectivity index (χ1v) is 9.31. The number of rotatable bonds is 6. The van der Waals surface area contributed by atoms with Crippen LogP contribution in [0.5, 0.6) is 5.75 Å². The van der Waals surface area contributed by atoms with Crippen molar-refractivity contribution in [3.8, 4) is 5.75 Å². The van der Waals surface area contributed by atoms with E-state index >= 15 is 0 Å². The second-order valence-electron chi connectivity index (χ2n) is 6.12. The number of nitrogens with zero attached hydrogens (tertiary/aromatic N) is 1. The first-order valence-electron chi connectivity index (χ1n) is 8.33. The summed E-state index contributed by atoms with van der Waals surface area (Å²) >= 11 is 1.81. The fourth-order valence-electron chi connectivity index (χ4n) is 2.83. The normalized spacial score (nSPS) is 11.0. The lowest BCUT2D eigenvalue weighted by molar-refractivity contribution is 0.318. The van der Waals surface area contributed by atoms with Crippen molar-refractivity contribution in [2.45, 2.75) is 32.2 Å². The molecule has 0 aliphatic carbocycles. The van der Waals surface area contributed by atoms with E-state index in [1.54, 1.807) is 11.8 Å². The summed E-state index contributed by atoms with van der Waals surface area (Å²) in [6.07, 6.45) is 1.01. The largest absolute Gasteiger partial charge is 0.494 e. The molecule has 0 amide bonds. The summed E-state index contributed by atoms with van der Waals surface area (Å²) in [7, 11) is 0. The molecular weight excluding hydrogens is 314 g/mol. The smallest absolute Gasteiger partial charge is 0.119 e. The Hall–Kier alpha value is -2.00. The van der Waals surface area contributed by atoms with E-state index in [1.807, 2.05) is 30.3 Å². The van der Waals surface area contributed by atoms with E-state index in [1.165, 1.54) is 22.1 Å². The van der Waals surface area contributed by atoms with Gasteiger partial charge in [0.25, 0.3) is 0 Å². The van der Waals surface area contributed by atoms with Crippen LogP contribution >= 0.6 is 11.8 Å². The highest BCUT2D eigenvalue weighted by atomic mass is 32.2. The molecule has 0 aliphatic rings. The van der Waals surface area contributed by atoms with E-state index in [-0.39, 0.29) is 0 Å². The first-order chi connectivity index (χ1) is 11.6. The molecule has 2 aromatic carbocycles. The monoisotopic (exact) mass is 337 g/mol. The number of para-hydroxylation sites is 1. The average Bonchev–Trinajstić information content (AvgIpc) is 2.57. The minimum absolute atomic E-state index is 0.738. The summed E-state index contributed by atoms with van der Waals surface area (Å²) in [6, 6.07) is 16.6. The van der Waals surface area contributed by atoms with E-state index in [0.717, 1.165) is 35.1 Å². The zero-order chi connectivity index (χ0) is 16.9. The molecule has 0 saturated heterocycles. The quantitative estimate of drug-likeness (QED) is 0.424. The summed E-state index contributed by atoms with van der Waals surface area (Å²) in [5.74, 6) is 1.95. The van der Waals surface area contributed by atoms with Crippen molar-refractivity contribution in [1.29, 1.82) is 0 Å². The summed E-state index contributed by atoms with van der Waals surface area (Å²) < 4.78 is 5.74. The maximum Gasteiger partial charge on any atom is 0.119 e. The van der Waals surface area contributed by atoms with Crippen LogP contribution in [-0.2, 0) is 0 Å². The van der Waals surface area contributed by atoms with Crippen LogP contribution in [0, 0.1) is 20.8 Å². The number of pyridine rings is 1. The van der Waals surface area contributed by atoms with Crippen molar-refractivity contribution in [1.82, 2.24) is 4.98 Å². The molecule has 1 aromatic heterocycles. The van der Waals surface area contributed by atoms with Gasteiger partial charge in [-0.05, 0) is 62.6 Å². The van der Waals surface area contributed by atoms with Gasteiger partial charge in [-0.1, -0.05) is 29.8 Å². The van der Waals surface area contributed by atoms with Gasteiger partial charge in [-0.3, -0.25) is 0 Å². The van der Waals surface area contributed by atoms with Gasteiger partial charge in [0, 0.05) is 11.1 Å². The summed E-state index contributed by atoms with van der Waals surface area (Å²) in [5, 5.41) is 2.37. The van der Waals surface area contributed by atoms with Gasteiger partial charge in [0.2, 0.25) is 0 Å². The molecule has 0 saturated carbocycles. The van der Waals surface area contributed by atoms with Crippen LogP contribution in [0.3, 0.4) is 0 Å². The van der Waals surface area contributed by atoms with Crippen LogP contribution in [-0.4, -0.2) is 17.3 Å². The maximum atomic E-state index is 5.74. The zero-order valence-electron chi connectivity index (χ0n) is 14.5. The number of thioether (sulfide) groups is 1. The molecular formula is C21H23NOS. The molecule has 0 N–H and O–H groups in total. The molecule has 2 nitrogen and oxygen atoms in total. The van der Waals surface area contributed by atoms with E-state index < -0.39 is 0 Å². The molecule has 3 rings (SSSR count). The Morgan fingerprint density at radius 3 is 2.54 bits per heavy atom. The lowest BCUT2D eigenvalue weighted by Crippen LogP contribution is -1.99. The molecule has 0 radical (unpaired) electrons. The molecule has 0 spiro atoms. The SMILES string of the molecule is Cc1cc(C)c2nc(SCCCOc3ccccc3)cc(C)c2c1. The predicted molar refractivity (Wildman–Crippen MR) is 103 cm³/mol. The minimum atomic E-state index is 0.738. The third-order valence-electron chi connectivity index (χ3n) is 3.98. The van der Waals surface area contributed by atoms with Gasteiger partial charge >= 0.3 is 0 Å². The van der Waals surface area contributed by atoms with Gasteiger partial charge in [0.05, 0.1) is 17.1 Å². The lowest BCUT2D eigenvalue weighted by Gasteiger charge is -2.10. The second kappa shape index (κ2) is 7.71. The molecule has 3 aromatic rings. The van der Waals surface area contributed by atoms with Gasteiger partial charge in [0.15, 0.2) is 0 Å². The van der Waals surface area contributed by atoms with Gasteiger partial charge in [-0.2, -0.15) is 0 Å². The third kappa shape index (κ3) is 4.09.